The van der Waals surface area contributed by atoms with E-state index < -0.39 is 5.54 Å². The molecule has 14 heavy (non-hydrogen) atoms. The Kier molecular flexibility index (Phi) is 2.85. The largest absolute Gasteiger partial charge is 0.368 e. The van der Waals surface area contributed by atoms with Crippen molar-refractivity contribution in [2.75, 3.05) is 17.6 Å². The van der Waals surface area contributed by atoms with Gasteiger partial charge < -0.3 is 16.8 Å². The smallest absolute Gasteiger partial charge is 0.227 e. The Morgan fingerprint density at radius 1 is 1.29 bits per heavy atom. The molecule has 0 bridgehead atoms. The standard InChI is InChI=1S/C8H16N6/c1-4-11-7-13-5(8(2,3)10)12-6(9)14-7/h4,10H2,1-3H3,(H3,9,11,12,13,14). The number of nitrogens with zero attached hydrogens (tertiary/aromatic N) is 3. The first kappa shape index (κ1) is 10.6. The number of anilines is 2. The summed E-state index contributed by atoms with van der Waals surface area (Å²) in [6.45, 7) is 6.32. The van der Waals surface area contributed by atoms with Gasteiger partial charge in [-0.2, -0.15) is 15.0 Å². The number of hydrogen-bond donors (Lipinski definition) is 3. The molecule has 1 heterocycles. The van der Waals surface area contributed by atoms with Crippen LogP contribution < -0.4 is 16.8 Å². The van der Waals surface area contributed by atoms with E-state index in [1.807, 2.05) is 20.8 Å². The molecule has 1 aromatic rings. The van der Waals surface area contributed by atoms with E-state index >= 15 is 0 Å². The molecule has 5 N–H and O–H groups in total. The quantitative estimate of drug-likeness (QED) is 0.632. The summed E-state index contributed by atoms with van der Waals surface area (Å²) in [7, 11) is 0. The fraction of sp³-hybridized carbons (Fsp3) is 0.625. The van der Waals surface area contributed by atoms with Crippen LogP contribution in [-0.2, 0) is 5.54 Å². The van der Waals surface area contributed by atoms with Crippen LogP contribution in [0.3, 0.4) is 0 Å². The molecule has 0 spiro atoms. The van der Waals surface area contributed by atoms with Crippen molar-refractivity contribution in [3.63, 3.8) is 0 Å². The molecular weight excluding hydrogens is 180 g/mol. The van der Waals surface area contributed by atoms with E-state index in [1.54, 1.807) is 0 Å². The number of hydrogen-bond acceptors (Lipinski definition) is 6. The van der Waals surface area contributed by atoms with Gasteiger partial charge in [-0.3, -0.25) is 0 Å². The van der Waals surface area contributed by atoms with Gasteiger partial charge in [-0.15, -0.1) is 0 Å². The molecule has 0 atom stereocenters. The van der Waals surface area contributed by atoms with Crippen LogP contribution in [0.25, 0.3) is 0 Å². The minimum atomic E-state index is -0.610. The van der Waals surface area contributed by atoms with Crippen LogP contribution in [0.1, 0.15) is 26.6 Å². The third kappa shape index (κ3) is 2.53. The highest BCUT2D eigenvalue weighted by atomic mass is 15.2. The summed E-state index contributed by atoms with van der Waals surface area (Å²) in [5.41, 5.74) is 10.8. The van der Waals surface area contributed by atoms with Crippen LogP contribution in [0.2, 0.25) is 0 Å². The Morgan fingerprint density at radius 3 is 2.43 bits per heavy atom. The van der Waals surface area contributed by atoms with Crippen LogP contribution in [-0.4, -0.2) is 21.5 Å². The van der Waals surface area contributed by atoms with Gasteiger partial charge in [0, 0.05) is 6.54 Å². The fourth-order valence-electron chi connectivity index (χ4n) is 0.918. The van der Waals surface area contributed by atoms with Crippen molar-refractivity contribution in [2.45, 2.75) is 26.3 Å². The zero-order chi connectivity index (χ0) is 10.8. The van der Waals surface area contributed by atoms with Crippen LogP contribution in [0.5, 0.6) is 0 Å². The van der Waals surface area contributed by atoms with E-state index in [4.69, 9.17) is 11.5 Å². The van der Waals surface area contributed by atoms with Crippen molar-refractivity contribution in [3.8, 4) is 0 Å². The number of nitrogen functional groups attached to an aromatic ring is 1. The highest BCUT2D eigenvalue weighted by Crippen LogP contribution is 2.13. The van der Waals surface area contributed by atoms with Crippen LogP contribution in [0.4, 0.5) is 11.9 Å². The molecule has 0 fully saturated rings. The fourth-order valence-corrected chi connectivity index (χ4v) is 0.918. The first-order valence-corrected chi connectivity index (χ1v) is 4.48. The first-order chi connectivity index (χ1) is 6.43. The predicted molar refractivity (Wildman–Crippen MR) is 55.6 cm³/mol. The maximum absolute atomic E-state index is 5.85. The Labute approximate surface area is 83.1 Å². The van der Waals surface area contributed by atoms with E-state index in [-0.39, 0.29) is 5.95 Å². The molecule has 1 aromatic heterocycles. The average Bonchev–Trinajstić information content (AvgIpc) is 2.02. The Bertz CT molecular complexity index is 316. The zero-order valence-electron chi connectivity index (χ0n) is 8.70. The summed E-state index contributed by atoms with van der Waals surface area (Å²) in [5.74, 6) is 1.14. The van der Waals surface area contributed by atoms with E-state index in [0.29, 0.717) is 11.8 Å². The van der Waals surface area contributed by atoms with Gasteiger partial charge in [-0.1, -0.05) is 0 Å². The summed E-state index contributed by atoms with van der Waals surface area (Å²) in [4.78, 5) is 12.1. The molecule has 0 aliphatic rings. The summed E-state index contributed by atoms with van der Waals surface area (Å²) in [6, 6.07) is 0. The van der Waals surface area contributed by atoms with E-state index in [2.05, 4.69) is 20.3 Å². The molecule has 0 saturated carbocycles. The minimum Gasteiger partial charge on any atom is -0.368 e. The molecular formula is C8H16N6. The lowest BCUT2D eigenvalue weighted by atomic mass is 10.1. The van der Waals surface area contributed by atoms with Gasteiger partial charge in [0.1, 0.15) is 0 Å². The monoisotopic (exact) mass is 196 g/mol. The molecule has 0 amide bonds. The summed E-state index contributed by atoms with van der Waals surface area (Å²) in [6.07, 6.45) is 0. The second-order valence-electron chi connectivity index (χ2n) is 3.59. The number of rotatable bonds is 3. The average molecular weight is 196 g/mol. The van der Waals surface area contributed by atoms with Crippen molar-refractivity contribution < 1.29 is 0 Å². The minimum absolute atomic E-state index is 0.185. The van der Waals surface area contributed by atoms with Gasteiger partial charge in [-0.05, 0) is 20.8 Å². The molecule has 0 aliphatic heterocycles. The Balaban J connectivity index is 3.07. The summed E-state index contributed by atoms with van der Waals surface area (Å²) in [5, 5.41) is 2.96. The molecule has 1 rings (SSSR count). The summed E-state index contributed by atoms with van der Waals surface area (Å²) < 4.78 is 0. The third-order valence-corrected chi connectivity index (χ3v) is 1.56. The number of nitrogens with one attached hydrogen (secondary N) is 1. The molecule has 0 aliphatic carbocycles. The van der Waals surface area contributed by atoms with Crippen molar-refractivity contribution >= 4 is 11.9 Å². The van der Waals surface area contributed by atoms with Gasteiger partial charge in [0.05, 0.1) is 5.54 Å². The molecule has 0 radical (unpaired) electrons. The highest BCUT2D eigenvalue weighted by molar-refractivity contribution is 5.31. The van der Waals surface area contributed by atoms with Gasteiger partial charge in [0.2, 0.25) is 11.9 Å². The third-order valence-electron chi connectivity index (χ3n) is 1.56. The highest BCUT2D eigenvalue weighted by Gasteiger charge is 2.19. The molecule has 0 saturated heterocycles. The van der Waals surface area contributed by atoms with E-state index in [0.717, 1.165) is 6.54 Å². The normalized spacial score (nSPS) is 11.4. The van der Waals surface area contributed by atoms with Crippen molar-refractivity contribution in [3.05, 3.63) is 5.82 Å². The molecule has 6 nitrogen and oxygen atoms in total. The lowest BCUT2D eigenvalue weighted by molar-refractivity contribution is 0.513. The lowest BCUT2D eigenvalue weighted by Gasteiger charge is -2.17. The number of aromatic nitrogens is 3. The maximum atomic E-state index is 5.85. The van der Waals surface area contributed by atoms with Gasteiger partial charge in [-0.25, -0.2) is 0 Å². The van der Waals surface area contributed by atoms with Crippen LogP contribution in [0.15, 0.2) is 0 Å². The van der Waals surface area contributed by atoms with Gasteiger partial charge >= 0.3 is 0 Å². The van der Waals surface area contributed by atoms with Gasteiger partial charge in [0.15, 0.2) is 5.82 Å². The van der Waals surface area contributed by atoms with Crippen molar-refractivity contribution in [1.82, 2.24) is 15.0 Å². The molecule has 0 unspecified atom stereocenters. The van der Waals surface area contributed by atoms with E-state index in [9.17, 15) is 0 Å². The van der Waals surface area contributed by atoms with Crippen molar-refractivity contribution in [1.29, 1.82) is 0 Å². The SMILES string of the molecule is CCNc1nc(N)nc(C(C)(C)N)n1. The van der Waals surface area contributed by atoms with E-state index in [1.165, 1.54) is 0 Å². The maximum Gasteiger partial charge on any atom is 0.227 e. The first-order valence-electron chi connectivity index (χ1n) is 4.48. The molecule has 6 heteroatoms. The van der Waals surface area contributed by atoms with Crippen LogP contribution in [0, 0.1) is 0 Å². The molecule has 78 valence electrons. The van der Waals surface area contributed by atoms with Crippen molar-refractivity contribution in [2.24, 2.45) is 5.73 Å². The zero-order valence-corrected chi connectivity index (χ0v) is 8.70. The number of nitrogens with two attached hydrogens (primary N) is 2. The second kappa shape index (κ2) is 3.75. The summed E-state index contributed by atoms with van der Waals surface area (Å²) >= 11 is 0. The van der Waals surface area contributed by atoms with Gasteiger partial charge in [0.25, 0.3) is 0 Å². The lowest BCUT2D eigenvalue weighted by Crippen LogP contribution is -2.32. The Hall–Kier alpha value is -1.43. The second-order valence-corrected chi connectivity index (χ2v) is 3.59. The predicted octanol–water partition coefficient (Wildman–Crippen LogP) is 0.0794. The molecule has 0 aromatic carbocycles. The topological polar surface area (TPSA) is 103 Å². The van der Waals surface area contributed by atoms with Crippen LogP contribution >= 0.6 is 0 Å². The Morgan fingerprint density at radius 2 is 1.93 bits per heavy atom.